The molecule has 1 N–H and O–H groups in total. The van der Waals surface area contributed by atoms with E-state index in [9.17, 15) is 0 Å². The lowest BCUT2D eigenvalue weighted by Crippen LogP contribution is -2.43. The molecule has 1 aliphatic heterocycles. The molecule has 2 aromatic rings. The summed E-state index contributed by atoms with van der Waals surface area (Å²) in [5.74, 6) is 2.56. The summed E-state index contributed by atoms with van der Waals surface area (Å²) in [5, 5.41) is 3.40. The van der Waals surface area contributed by atoms with E-state index in [0.29, 0.717) is 5.92 Å². The topological polar surface area (TPSA) is 37.4 Å². The van der Waals surface area contributed by atoms with E-state index >= 15 is 0 Å². The molecule has 1 saturated heterocycles. The largest absolute Gasteiger partial charge is 0.493 e. The standard InChI is InChI=1S/C23H33N3O/c1-17(2)16-27-21-10-9-18(15-19(21)23(3,4)5)20-7-6-8-22(25-20)26-13-11-24-12-14-26/h6-10,15,17,24H,11-14,16H2,1-5H3. The van der Waals surface area contributed by atoms with Crippen molar-refractivity contribution < 1.29 is 4.74 Å². The minimum atomic E-state index is 0.0124. The quantitative estimate of drug-likeness (QED) is 0.845. The number of aromatic nitrogens is 1. The number of hydrogen-bond donors (Lipinski definition) is 1. The minimum Gasteiger partial charge on any atom is -0.493 e. The average Bonchev–Trinajstić information content (AvgIpc) is 2.66. The first-order chi connectivity index (χ1) is 12.8. The van der Waals surface area contributed by atoms with E-state index in [4.69, 9.17) is 9.72 Å². The van der Waals surface area contributed by atoms with Gasteiger partial charge in [-0.25, -0.2) is 4.98 Å². The van der Waals surface area contributed by atoms with Gasteiger partial charge in [0, 0.05) is 37.3 Å². The first kappa shape index (κ1) is 19.7. The summed E-state index contributed by atoms with van der Waals surface area (Å²) in [6.07, 6.45) is 0. The van der Waals surface area contributed by atoms with Crippen LogP contribution < -0.4 is 15.0 Å². The Morgan fingerprint density at radius 3 is 2.52 bits per heavy atom. The molecule has 27 heavy (non-hydrogen) atoms. The van der Waals surface area contributed by atoms with Gasteiger partial charge in [-0.1, -0.05) is 40.7 Å². The molecular weight excluding hydrogens is 334 g/mol. The SMILES string of the molecule is CC(C)COc1ccc(-c2cccc(N3CCNCC3)n2)cc1C(C)(C)C. The first-order valence-electron chi connectivity index (χ1n) is 10.0. The van der Waals surface area contributed by atoms with Crippen molar-refractivity contribution in [2.24, 2.45) is 5.92 Å². The van der Waals surface area contributed by atoms with Crippen LogP contribution in [0.15, 0.2) is 36.4 Å². The molecule has 3 rings (SSSR count). The van der Waals surface area contributed by atoms with Crippen LogP contribution in [0.3, 0.4) is 0 Å². The summed E-state index contributed by atoms with van der Waals surface area (Å²) in [4.78, 5) is 7.30. The molecule has 0 spiro atoms. The Kier molecular flexibility index (Phi) is 6.05. The third kappa shape index (κ3) is 5.01. The average molecular weight is 368 g/mol. The van der Waals surface area contributed by atoms with E-state index in [-0.39, 0.29) is 5.41 Å². The molecule has 2 heterocycles. The van der Waals surface area contributed by atoms with E-state index in [1.54, 1.807) is 0 Å². The molecule has 146 valence electrons. The zero-order valence-corrected chi connectivity index (χ0v) is 17.4. The lowest BCUT2D eigenvalue weighted by molar-refractivity contribution is 0.265. The van der Waals surface area contributed by atoms with Gasteiger partial charge in [0.15, 0.2) is 0 Å². The van der Waals surface area contributed by atoms with Crippen LogP contribution in [0.5, 0.6) is 5.75 Å². The van der Waals surface area contributed by atoms with E-state index in [1.807, 2.05) is 0 Å². The fourth-order valence-electron chi connectivity index (χ4n) is 3.31. The fourth-order valence-corrected chi connectivity index (χ4v) is 3.31. The van der Waals surface area contributed by atoms with Gasteiger partial charge < -0.3 is 15.0 Å². The van der Waals surface area contributed by atoms with Gasteiger partial charge in [0.25, 0.3) is 0 Å². The van der Waals surface area contributed by atoms with E-state index < -0.39 is 0 Å². The number of nitrogens with one attached hydrogen (secondary N) is 1. The van der Waals surface area contributed by atoms with Gasteiger partial charge in [-0.2, -0.15) is 0 Å². The number of piperazine rings is 1. The van der Waals surface area contributed by atoms with Gasteiger partial charge in [-0.05, 0) is 41.7 Å². The van der Waals surface area contributed by atoms with Gasteiger partial charge in [0.1, 0.15) is 11.6 Å². The number of rotatable bonds is 5. The Labute approximate surface area is 164 Å². The van der Waals surface area contributed by atoms with Crippen molar-refractivity contribution in [2.75, 3.05) is 37.7 Å². The molecule has 0 saturated carbocycles. The number of benzene rings is 1. The summed E-state index contributed by atoms with van der Waals surface area (Å²) < 4.78 is 6.10. The molecule has 1 aromatic heterocycles. The van der Waals surface area contributed by atoms with Gasteiger partial charge in [-0.3, -0.25) is 0 Å². The predicted octanol–water partition coefficient (Wildman–Crippen LogP) is 4.49. The Hall–Kier alpha value is -2.07. The smallest absolute Gasteiger partial charge is 0.129 e. The highest BCUT2D eigenvalue weighted by Gasteiger charge is 2.21. The molecule has 0 amide bonds. The van der Waals surface area contributed by atoms with Crippen molar-refractivity contribution in [2.45, 2.75) is 40.0 Å². The van der Waals surface area contributed by atoms with Crippen molar-refractivity contribution in [3.8, 4) is 17.0 Å². The summed E-state index contributed by atoms with van der Waals surface area (Å²) >= 11 is 0. The number of anilines is 1. The molecule has 1 fully saturated rings. The maximum atomic E-state index is 6.10. The minimum absolute atomic E-state index is 0.0124. The van der Waals surface area contributed by atoms with Crippen molar-refractivity contribution in [1.29, 1.82) is 0 Å². The maximum absolute atomic E-state index is 6.10. The van der Waals surface area contributed by atoms with Crippen molar-refractivity contribution in [3.63, 3.8) is 0 Å². The summed E-state index contributed by atoms with van der Waals surface area (Å²) in [5.41, 5.74) is 3.41. The highest BCUT2D eigenvalue weighted by atomic mass is 16.5. The van der Waals surface area contributed by atoms with Crippen LogP contribution in [0, 0.1) is 5.92 Å². The highest BCUT2D eigenvalue weighted by Crippen LogP contribution is 2.35. The van der Waals surface area contributed by atoms with Crippen LogP contribution in [0.4, 0.5) is 5.82 Å². The molecule has 0 bridgehead atoms. The van der Waals surface area contributed by atoms with Crippen LogP contribution >= 0.6 is 0 Å². The zero-order chi connectivity index (χ0) is 19.4. The van der Waals surface area contributed by atoms with Crippen LogP contribution in [0.1, 0.15) is 40.2 Å². The molecule has 0 unspecified atom stereocenters. The number of ether oxygens (including phenoxy) is 1. The summed E-state index contributed by atoms with van der Waals surface area (Å²) in [7, 11) is 0. The Balaban J connectivity index is 1.92. The summed E-state index contributed by atoms with van der Waals surface area (Å²) in [6.45, 7) is 15.8. The molecular formula is C23H33N3O. The number of nitrogens with zero attached hydrogens (tertiary/aromatic N) is 2. The molecule has 4 nitrogen and oxygen atoms in total. The van der Waals surface area contributed by atoms with Gasteiger partial charge >= 0.3 is 0 Å². The molecule has 0 aliphatic carbocycles. The van der Waals surface area contributed by atoms with Gasteiger partial charge in [0.2, 0.25) is 0 Å². The molecule has 0 atom stereocenters. The highest BCUT2D eigenvalue weighted by molar-refractivity contribution is 5.65. The number of hydrogen-bond acceptors (Lipinski definition) is 4. The van der Waals surface area contributed by atoms with Crippen molar-refractivity contribution in [3.05, 3.63) is 42.0 Å². The number of pyridine rings is 1. The normalized spacial score (nSPS) is 15.3. The predicted molar refractivity (Wildman–Crippen MR) is 114 cm³/mol. The van der Waals surface area contributed by atoms with Gasteiger partial charge in [0.05, 0.1) is 12.3 Å². The Morgan fingerprint density at radius 2 is 1.85 bits per heavy atom. The lowest BCUT2D eigenvalue weighted by atomic mass is 9.85. The van der Waals surface area contributed by atoms with Crippen LogP contribution in [-0.4, -0.2) is 37.8 Å². The second-order valence-electron chi connectivity index (χ2n) is 8.78. The molecule has 0 radical (unpaired) electrons. The molecule has 4 heteroatoms. The second kappa shape index (κ2) is 8.30. The van der Waals surface area contributed by atoms with E-state index in [2.05, 4.69) is 81.2 Å². The fraction of sp³-hybridized carbons (Fsp3) is 0.522. The Morgan fingerprint density at radius 1 is 1.11 bits per heavy atom. The van der Waals surface area contributed by atoms with Gasteiger partial charge in [-0.15, -0.1) is 0 Å². The van der Waals surface area contributed by atoms with E-state index in [1.165, 1.54) is 5.56 Å². The first-order valence-corrected chi connectivity index (χ1v) is 10.0. The van der Waals surface area contributed by atoms with Crippen LogP contribution in [0.2, 0.25) is 0 Å². The monoisotopic (exact) mass is 367 g/mol. The van der Waals surface area contributed by atoms with Crippen molar-refractivity contribution >= 4 is 5.82 Å². The lowest BCUT2D eigenvalue weighted by Gasteiger charge is -2.28. The van der Waals surface area contributed by atoms with Crippen molar-refractivity contribution in [1.82, 2.24) is 10.3 Å². The Bertz CT molecular complexity index is 758. The molecule has 1 aliphatic rings. The van der Waals surface area contributed by atoms with Crippen LogP contribution in [0.25, 0.3) is 11.3 Å². The third-order valence-electron chi connectivity index (χ3n) is 4.83. The van der Waals surface area contributed by atoms with E-state index in [0.717, 1.165) is 55.6 Å². The summed E-state index contributed by atoms with van der Waals surface area (Å²) in [6, 6.07) is 12.8. The van der Waals surface area contributed by atoms with Crippen LogP contribution in [-0.2, 0) is 5.41 Å². The molecule has 1 aromatic carbocycles. The zero-order valence-electron chi connectivity index (χ0n) is 17.4. The third-order valence-corrected chi connectivity index (χ3v) is 4.83. The second-order valence-corrected chi connectivity index (χ2v) is 8.78. The maximum Gasteiger partial charge on any atom is 0.129 e.